The lowest BCUT2D eigenvalue weighted by Gasteiger charge is -2.27. The molecule has 1 aliphatic rings. The molecule has 2 aromatic rings. The third-order valence-electron chi connectivity index (χ3n) is 3.91. The van der Waals surface area contributed by atoms with Crippen LogP contribution in [0.4, 0.5) is 13.2 Å². The highest BCUT2D eigenvalue weighted by atomic mass is 19.4. The molecule has 1 aromatic carbocycles. The molecule has 0 aliphatic carbocycles. The van der Waals surface area contributed by atoms with E-state index >= 15 is 0 Å². The second-order valence-corrected chi connectivity index (χ2v) is 5.54. The second kappa shape index (κ2) is 6.19. The summed E-state index contributed by atoms with van der Waals surface area (Å²) in [5.41, 5.74) is -0.823. The van der Waals surface area contributed by atoms with Crippen LogP contribution in [-0.4, -0.2) is 48.8 Å². The predicted octanol–water partition coefficient (Wildman–Crippen LogP) is 1.03. The Morgan fingerprint density at radius 3 is 2.75 bits per heavy atom. The van der Waals surface area contributed by atoms with Crippen molar-refractivity contribution in [1.29, 1.82) is 0 Å². The van der Waals surface area contributed by atoms with Gasteiger partial charge in [0.25, 0.3) is 0 Å². The molecular formula is C14H14F3N5O2. The molecule has 0 radical (unpaired) electrons. The third-order valence-corrected chi connectivity index (χ3v) is 3.91. The average Bonchev–Trinajstić information content (AvgIpc) is 3.15. The molecular weight excluding hydrogens is 327 g/mol. The summed E-state index contributed by atoms with van der Waals surface area (Å²) in [6.07, 6.45) is -4.12. The fourth-order valence-corrected chi connectivity index (χ4v) is 2.91. The first-order valence-electron chi connectivity index (χ1n) is 7.20. The first kappa shape index (κ1) is 16.4. The summed E-state index contributed by atoms with van der Waals surface area (Å²) in [4.78, 5) is 13.7. The van der Waals surface area contributed by atoms with Crippen LogP contribution < -0.4 is 0 Å². The van der Waals surface area contributed by atoms with Gasteiger partial charge in [0.2, 0.25) is 5.91 Å². The minimum Gasteiger partial charge on any atom is -0.391 e. The topological polar surface area (TPSA) is 84.1 Å². The van der Waals surface area contributed by atoms with Gasteiger partial charge in [-0.1, -0.05) is 18.2 Å². The van der Waals surface area contributed by atoms with Gasteiger partial charge in [-0.25, -0.2) is 4.68 Å². The van der Waals surface area contributed by atoms with Crippen molar-refractivity contribution in [3.8, 4) is 0 Å². The zero-order valence-corrected chi connectivity index (χ0v) is 12.4. The van der Waals surface area contributed by atoms with Crippen LogP contribution in [0.15, 0.2) is 30.6 Å². The number of alkyl halides is 3. The molecule has 0 saturated carbocycles. The van der Waals surface area contributed by atoms with E-state index in [4.69, 9.17) is 0 Å². The summed E-state index contributed by atoms with van der Waals surface area (Å²) in [6.45, 7) is -0.234. The Bertz CT molecular complexity index is 719. The first-order chi connectivity index (χ1) is 11.4. The minimum atomic E-state index is -4.53. The van der Waals surface area contributed by atoms with Crippen molar-refractivity contribution >= 4 is 5.91 Å². The van der Waals surface area contributed by atoms with Crippen molar-refractivity contribution in [3.05, 3.63) is 41.7 Å². The number of likely N-dealkylation sites (tertiary alicyclic amines) is 1. The number of rotatable bonds is 3. The number of aliphatic hydroxyl groups is 1. The smallest absolute Gasteiger partial charge is 0.391 e. The Hall–Kier alpha value is -2.49. The van der Waals surface area contributed by atoms with E-state index in [2.05, 4.69) is 15.5 Å². The number of amides is 1. The molecule has 3 rings (SSSR count). The maximum Gasteiger partial charge on any atom is 0.416 e. The van der Waals surface area contributed by atoms with E-state index in [0.717, 1.165) is 6.07 Å². The first-order valence-corrected chi connectivity index (χ1v) is 7.20. The molecule has 1 N–H and O–H groups in total. The number of carbonyl (C=O) groups excluding carboxylic acids is 1. The van der Waals surface area contributed by atoms with E-state index in [1.807, 2.05) is 0 Å². The van der Waals surface area contributed by atoms with E-state index < -0.39 is 29.8 Å². The Labute approximate surface area is 134 Å². The normalized spacial score (nSPS) is 21.2. The van der Waals surface area contributed by atoms with Gasteiger partial charge >= 0.3 is 6.18 Å². The zero-order valence-electron chi connectivity index (χ0n) is 12.4. The van der Waals surface area contributed by atoms with Crippen LogP contribution in [0, 0.1) is 0 Å². The molecule has 7 nitrogen and oxygen atoms in total. The number of benzene rings is 1. The number of tetrazole rings is 1. The van der Waals surface area contributed by atoms with Crippen molar-refractivity contribution in [3.63, 3.8) is 0 Å². The fourth-order valence-electron chi connectivity index (χ4n) is 2.91. The van der Waals surface area contributed by atoms with E-state index in [1.165, 1.54) is 34.1 Å². The lowest BCUT2D eigenvalue weighted by molar-refractivity contribution is -0.140. The van der Waals surface area contributed by atoms with Crippen LogP contribution in [0.2, 0.25) is 0 Å². The fraction of sp³-hybridized carbons (Fsp3) is 0.429. The zero-order chi connectivity index (χ0) is 17.3. The predicted molar refractivity (Wildman–Crippen MR) is 74.3 cm³/mol. The second-order valence-electron chi connectivity index (χ2n) is 5.54. The molecule has 0 spiro atoms. The molecule has 1 amide bonds. The number of nitrogens with zero attached hydrogens (tertiary/aromatic N) is 5. The maximum absolute atomic E-state index is 13.2. The maximum atomic E-state index is 13.2. The van der Waals surface area contributed by atoms with Crippen LogP contribution >= 0.6 is 0 Å². The minimum absolute atomic E-state index is 0.0217. The Morgan fingerprint density at radius 2 is 2.08 bits per heavy atom. The van der Waals surface area contributed by atoms with Gasteiger partial charge in [0.05, 0.1) is 17.7 Å². The quantitative estimate of drug-likeness (QED) is 0.901. The molecule has 2 heterocycles. The van der Waals surface area contributed by atoms with Crippen molar-refractivity contribution in [2.45, 2.75) is 31.3 Å². The van der Waals surface area contributed by atoms with Gasteiger partial charge in [-0.2, -0.15) is 13.2 Å². The largest absolute Gasteiger partial charge is 0.416 e. The Kier molecular flexibility index (Phi) is 4.22. The van der Waals surface area contributed by atoms with Crippen molar-refractivity contribution in [2.24, 2.45) is 0 Å². The number of aliphatic hydroxyl groups excluding tert-OH is 1. The van der Waals surface area contributed by atoms with Gasteiger partial charge in [0, 0.05) is 6.54 Å². The highest BCUT2D eigenvalue weighted by Crippen LogP contribution is 2.40. The lowest BCUT2D eigenvalue weighted by atomic mass is 9.97. The molecule has 1 aromatic heterocycles. The van der Waals surface area contributed by atoms with Crippen LogP contribution in [-0.2, 0) is 17.5 Å². The van der Waals surface area contributed by atoms with Crippen LogP contribution in [0.1, 0.15) is 23.6 Å². The summed E-state index contributed by atoms with van der Waals surface area (Å²) in [6, 6.07) is 4.25. The molecule has 1 aliphatic heterocycles. The number of halogens is 3. The van der Waals surface area contributed by atoms with E-state index in [1.54, 1.807) is 0 Å². The van der Waals surface area contributed by atoms with Crippen molar-refractivity contribution in [1.82, 2.24) is 25.1 Å². The highest BCUT2D eigenvalue weighted by molar-refractivity contribution is 5.77. The Morgan fingerprint density at radius 1 is 1.33 bits per heavy atom. The van der Waals surface area contributed by atoms with Crippen molar-refractivity contribution < 1.29 is 23.1 Å². The number of hydrogen-bond acceptors (Lipinski definition) is 5. The Balaban J connectivity index is 1.90. The number of carbonyl (C=O) groups is 1. The summed E-state index contributed by atoms with van der Waals surface area (Å²) >= 11 is 0. The molecule has 2 unspecified atom stereocenters. The summed E-state index contributed by atoms with van der Waals surface area (Å²) in [5.74, 6) is -0.458. The molecule has 128 valence electrons. The van der Waals surface area contributed by atoms with E-state index in [0.29, 0.717) is 0 Å². The number of hydrogen-bond donors (Lipinski definition) is 1. The molecule has 10 heteroatoms. The standard InChI is InChI=1S/C14H14F3N5O2/c15-14(16,17)11-4-2-1-3-10(11)12-5-9(23)6-22(12)13(24)7-21-8-18-19-20-21/h1-4,8-9,12,23H,5-7H2. The van der Waals surface area contributed by atoms with Gasteiger partial charge < -0.3 is 10.0 Å². The monoisotopic (exact) mass is 341 g/mol. The molecule has 1 fully saturated rings. The lowest BCUT2D eigenvalue weighted by Crippen LogP contribution is -2.35. The van der Waals surface area contributed by atoms with E-state index in [9.17, 15) is 23.1 Å². The summed E-state index contributed by atoms with van der Waals surface area (Å²) in [5, 5.41) is 20.3. The summed E-state index contributed by atoms with van der Waals surface area (Å²) in [7, 11) is 0. The van der Waals surface area contributed by atoms with Crippen LogP contribution in [0.5, 0.6) is 0 Å². The average molecular weight is 341 g/mol. The van der Waals surface area contributed by atoms with Gasteiger partial charge in [-0.05, 0) is 28.5 Å². The van der Waals surface area contributed by atoms with Gasteiger partial charge in [0.15, 0.2) is 0 Å². The van der Waals surface area contributed by atoms with Gasteiger partial charge in [-0.15, -0.1) is 5.10 Å². The molecule has 0 bridgehead atoms. The SMILES string of the molecule is O=C(Cn1cnnn1)N1CC(O)CC1c1ccccc1C(F)(F)F. The molecule has 2 atom stereocenters. The third kappa shape index (κ3) is 3.23. The van der Waals surface area contributed by atoms with Crippen LogP contribution in [0.25, 0.3) is 0 Å². The summed E-state index contributed by atoms with van der Waals surface area (Å²) < 4.78 is 40.9. The number of β-amino-alcohol motifs (C(OH)–C–C–N with tert-alkyl or cyclic N) is 1. The van der Waals surface area contributed by atoms with Crippen LogP contribution in [0.3, 0.4) is 0 Å². The van der Waals surface area contributed by atoms with Crippen molar-refractivity contribution in [2.75, 3.05) is 6.54 Å². The molecule has 24 heavy (non-hydrogen) atoms. The van der Waals surface area contributed by atoms with E-state index in [-0.39, 0.29) is 25.1 Å². The van der Waals surface area contributed by atoms with Gasteiger partial charge in [0.1, 0.15) is 12.9 Å². The number of aromatic nitrogens is 4. The molecule has 1 saturated heterocycles. The van der Waals surface area contributed by atoms with Gasteiger partial charge in [-0.3, -0.25) is 4.79 Å². The highest BCUT2D eigenvalue weighted by Gasteiger charge is 2.41.